The number of rotatable bonds is 6. The van der Waals surface area contributed by atoms with Crippen LogP contribution in [0.5, 0.6) is 11.5 Å². The quantitative estimate of drug-likeness (QED) is 0.323. The Hall–Kier alpha value is -3.23. The molecule has 1 fully saturated rings. The molecule has 1 unspecified atom stereocenters. The van der Waals surface area contributed by atoms with Gasteiger partial charge in [-0.2, -0.15) is 5.10 Å². The Labute approximate surface area is 237 Å². The van der Waals surface area contributed by atoms with E-state index < -0.39 is 5.54 Å². The van der Waals surface area contributed by atoms with Gasteiger partial charge in [0.15, 0.2) is 5.69 Å². The second-order valence-electron chi connectivity index (χ2n) is 10.8. The number of benzene rings is 2. The van der Waals surface area contributed by atoms with Gasteiger partial charge in [-0.3, -0.25) is 9.59 Å². The molecular formula is C29H31Cl2N3O5. The Morgan fingerprint density at radius 3 is 2.46 bits per heavy atom. The fraction of sp³-hybridized carbons (Fsp3) is 0.414. The van der Waals surface area contributed by atoms with Crippen LogP contribution < -0.4 is 9.47 Å². The first-order valence-electron chi connectivity index (χ1n) is 12.8. The van der Waals surface area contributed by atoms with E-state index in [2.05, 4.69) is 0 Å². The van der Waals surface area contributed by atoms with Crippen LogP contribution in [0.15, 0.2) is 30.3 Å². The second-order valence-corrected chi connectivity index (χ2v) is 11.7. The normalized spacial score (nSPS) is 17.5. The molecule has 2 aliphatic rings. The maximum atomic E-state index is 13.7. The zero-order chi connectivity index (χ0) is 28.2. The average molecular weight is 572 g/mol. The van der Waals surface area contributed by atoms with Gasteiger partial charge in [0.25, 0.3) is 5.91 Å². The lowest BCUT2D eigenvalue weighted by atomic mass is 9.96. The summed E-state index contributed by atoms with van der Waals surface area (Å²) in [6.45, 7) is 8.17. The van der Waals surface area contributed by atoms with Crippen molar-refractivity contribution in [1.29, 1.82) is 0 Å². The molecule has 1 amide bonds. The maximum Gasteiger partial charge on any atom is 0.309 e. The Morgan fingerprint density at radius 2 is 1.85 bits per heavy atom. The summed E-state index contributed by atoms with van der Waals surface area (Å²) in [5.74, 6) is 0.519. The zero-order valence-electron chi connectivity index (χ0n) is 22.8. The van der Waals surface area contributed by atoms with E-state index in [1.807, 2.05) is 32.9 Å². The van der Waals surface area contributed by atoms with Crippen molar-refractivity contribution in [2.75, 3.05) is 20.8 Å². The van der Waals surface area contributed by atoms with Gasteiger partial charge in [0.1, 0.15) is 18.1 Å². The first-order valence-corrected chi connectivity index (χ1v) is 13.6. The smallest absolute Gasteiger partial charge is 0.309 e. The molecule has 39 heavy (non-hydrogen) atoms. The van der Waals surface area contributed by atoms with E-state index in [0.717, 1.165) is 11.1 Å². The van der Waals surface area contributed by atoms with Crippen LogP contribution in [0.4, 0.5) is 0 Å². The number of fused-ring (bicyclic) bond motifs is 3. The highest BCUT2D eigenvalue weighted by molar-refractivity contribution is 6.34. The van der Waals surface area contributed by atoms with Crippen molar-refractivity contribution in [3.05, 3.63) is 57.2 Å². The number of ether oxygens (including phenoxy) is 3. The van der Waals surface area contributed by atoms with Crippen molar-refractivity contribution in [2.45, 2.75) is 52.2 Å². The molecule has 10 heteroatoms. The van der Waals surface area contributed by atoms with Crippen molar-refractivity contribution in [2.24, 2.45) is 5.92 Å². The number of methoxy groups -OCH3 is 1. The molecule has 206 valence electrons. The second kappa shape index (κ2) is 10.1. The van der Waals surface area contributed by atoms with Crippen LogP contribution in [0.1, 0.15) is 61.6 Å². The van der Waals surface area contributed by atoms with E-state index in [4.69, 9.17) is 42.5 Å². The minimum absolute atomic E-state index is 0.0419. The van der Waals surface area contributed by atoms with Crippen LogP contribution >= 0.6 is 23.2 Å². The number of carbonyl (C=O) groups is 2. The average Bonchev–Trinajstić information content (AvgIpc) is 3.58. The fourth-order valence-electron chi connectivity index (χ4n) is 4.89. The highest BCUT2D eigenvalue weighted by atomic mass is 35.5. The van der Waals surface area contributed by atoms with Gasteiger partial charge in [-0.1, -0.05) is 23.2 Å². The first-order chi connectivity index (χ1) is 18.4. The number of amides is 1. The van der Waals surface area contributed by atoms with Gasteiger partial charge >= 0.3 is 5.97 Å². The number of aromatic nitrogens is 2. The topological polar surface area (TPSA) is 82.9 Å². The Bertz CT molecular complexity index is 1460. The van der Waals surface area contributed by atoms with Gasteiger partial charge in [0.2, 0.25) is 0 Å². The molecular weight excluding hydrogens is 541 g/mol. The Morgan fingerprint density at radius 1 is 1.15 bits per heavy atom. The lowest BCUT2D eigenvalue weighted by Crippen LogP contribution is -2.43. The van der Waals surface area contributed by atoms with Crippen LogP contribution in [0.25, 0.3) is 16.9 Å². The van der Waals surface area contributed by atoms with E-state index in [0.29, 0.717) is 51.5 Å². The number of halogens is 2. The molecule has 0 saturated heterocycles. The highest BCUT2D eigenvalue weighted by Gasteiger charge is 2.47. The van der Waals surface area contributed by atoms with E-state index in [1.54, 1.807) is 48.9 Å². The molecule has 2 heterocycles. The van der Waals surface area contributed by atoms with E-state index in [1.165, 1.54) is 0 Å². The predicted molar refractivity (Wildman–Crippen MR) is 149 cm³/mol. The number of esters is 1. The first kappa shape index (κ1) is 27.3. The van der Waals surface area contributed by atoms with Gasteiger partial charge in [0.05, 0.1) is 31.0 Å². The molecule has 1 aliphatic heterocycles. The van der Waals surface area contributed by atoms with Crippen LogP contribution in [-0.2, 0) is 16.1 Å². The monoisotopic (exact) mass is 571 g/mol. The van der Waals surface area contributed by atoms with Crippen LogP contribution in [0, 0.1) is 5.92 Å². The molecule has 8 nitrogen and oxygen atoms in total. The third-order valence-corrected chi connectivity index (χ3v) is 7.76. The maximum absolute atomic E-state index is 13.7. The van der Waals surface area contributed by atoms with Crippen molar-refractivity contribution in [3.63, 3.8) is 0 Å². The lowest BCUT2D eigenvalue weighted by Gasteiger charge is -2.31. The number of hydrogen-bond acceptors (Lipinski definition) is 6. The van der Waals surface area contributed by atoms with E-state index in [-0.39, 0.29) is 36.0 Å². The summed E-state index contributed by atoms with van der Waals surface area (Å²) in [5.41, 5.74) is 3.46. The molecule has 3 aromatic rings. The van der Waals surface area contributed by atoms with Gasteiger partial charge in [-0.15, -0.1) is 0 Å². The summed E-state index contributed by atoms with van der Waals surface area (Å²) < 4.78 is 18.8. The molecule has 1 saturated carbocycles. The molecule has 0 bridgehead atoms. The van der Waals surface area contributed by atoms with E-state index in [9.17, 15) is 9.59 Å². The summed E-state index contributed by atoms with van der Waals surface area (Å²) in [6, 6.07) is 8.95. The van der Waals surface area contributed by atoms with Gasteiger partial charge in [-0.25, -0.2) is 4.68 Å². The summed E-state index contributed by atoms with van der Waals surface area (Å²) >= 11 is 12.7. The third kappa shape index (κ3) is 4.96. The zero-order valence-corrected chi connectivity index (χ0v) is 24.3. The van der Waals surface area contributed by atoms with Crippen LogP contribution in [0.2, 0.25) is 10.0 Å². The third-order valence-electron chi connectivity index (χ3n) is 7.33. The standard InChI is InChI=1S/C29H31Cl2N3O5/c1-7-38-28(36)20-11-18(20)19-12-21-24(13-23(19)37-6)39-14-22-25(27(35)33(5)29(2,3)4)32-34(26(21)22)17-9-15(30)8-16(31)10-17/h8-10,12-13,18,20H,7,11,14H2,1-6H3/t18?,20-/m0/s1. The Balaban J connectivity index is 1.70. The number of hydrogen-bond donors (Lipinski definition) is 0. The fourth-order valence-corrected chi connectivity index (χ4v) is 5.41. The summed E-state index contributed by atoms with van der Waals surface area (Å²) in [4.78, 5) is 27.8. The molecule has 5 rings (SSSR count). The Kier molecular flexibility index (Phi) is 7.06. The predicted octanol–water partition coefficient (Wildman–Crippen LogP) is 6.28. The van der Waals surface area contributed by atoms with Crippen LogP contribution in [0.3, 0.4) is 0 Å². The molecule has 0 spiro atoms. The highest BCUT2D eigenvalue weighted by Crippen LogP contribution is 2.54. The SMILES string of the molecule is CCOC(=O)[C@H]1CC1c1cc2c(cc1OC)OCc1c(C(=O)N(C)C(C)(C)C)nn(-c3cc(Cl)cc(Cl)c3)c1-2. The van der Waals surface area contributed by atoms with Gasteiger partial charge in [0, 0.05) is 45.7 Å². The van der Waals surface area contributed by atoms with Crippen molar-refractivity contribution in [3.8, 4) is 28.4 Å². The molecule has 0 N–H and O–H groups in total. The molecule has 1 aliphatic carbocycles. The summed E-state index contributed by atoms with van der Waals surface area (Å²) in [7, 11) is 3.35. The largest absolute Gasteiger partial charge is 0.496 e. The lowest BCUT2D eigenvalue weighted by molar-refractivity contribution is -0.144. The minimum atomic E-state index is -0.421. The summed E-state index contributed by atoms with van der Waals surface area (Å²) in [6.07, 6.45) is 0.672. The minimum Gasteiger partial charge on any atom is -0.496 e. The van der Waals surface area contributed by atoms with Crippen LogP contribution in [-0.4, -0.2) is 52.9 Å². The van der Waals surface area contributed by atoms with Gasteiger partial charge < -0.3 is 19.1 Å². The molecule has 2 atom stereocenters. The molecule has 1 aromatic heterocycles. The molecule has 2 aromatic carbocycles. The summed E-state index contributed by atoms with van der Waals surface area (Å²) in [5, 5.41) is 5.69. The van der Waals surface area contributed by atoms with Gasteiger partial charge in [-0.05, 0) is 63.9 Å². The molecule has 0 radical (unpaired) electrons. The van der Waals surface area contributed by atoms with Crippen molar-refractivity contribution >= 4 is 35.1 Å². The van der Waals surface area contributed by atoms with Crippen molar-refractivity contribution < 1.29 is 23.8 Å². The number of carbonyl (C=O) groups excluding carboxylic acids is 2. The number of nitrogens with zero attached hydrogens (tertiary/aromatic N) is 3. The van der Waals surface area contributed by atoms with Crippen molar-refractivity contribution in [1.82, 2.24) is 14.7 Å². The van der Waals surface area contributed by atoms with E-state index >= 15 is 0 Å².